The maximum absolute atomic E-state index is 12.0. The Kier molecular flexibility index (Phi) is 5.00. The Bertz CT molecular complexity index is 402. The molecule has 0 aliphatic heterocycles. The molecule has 1 aromatic rings. The molecule has 0 N–H and O–H groups in total. The van der Waals surface area contributed by atoms with Gasteiger partial charge in [0.2, 0.25) is 0 Å². The molecule has 1 atom stereocenters. The first-order valence-corrected chi connectivity index (χ1v) is 7.51. The van der Waals surface area contributed by atoms with E-state index in [0.717, 1.165) is 19.3 Å². The number of benzene rings is 1. The fourth-order valence-corrected chi connectivity index (χ4v) is 2.59. The van der Waals surface area contributed by atoms with Crippen molar-refractivity contribution in [1.29, 1.82) is 0 Å². The van der Waals surface area contributed by atoms with Crippen LogP contribution in [0.3, 0.4) is 0 Å². The summed E-state index contributed by atoms with van der Waals surface area (Å²) in [5.41, 5.74) is 1.97. The molecule has 0 aromatic heterocycles. The maximum Gasteiger partial charge on any atom is 0.338 e. The first kappa shape index (κ1) is 14.1. The Hall–Kier alpha value is -1.31. The van der Waals surface area contributed by atoms with Gasteiger partial charge in [-0.05, 0) is 55.7 Å². The molecule has 0 heterocycles. The van der Waals surface area contributed by atoms with Crippen molar-refractivity contribution in [3.63, 3.8) is 0 Å². The van der Waals surface area contributed by atoms with Crippen molar-refractivity contribution in [3.8, 4) is 0 Å². The van der Waals surface area contributed by atoms with Crippen LogP contribution >= 0.6 is 0 Å². The zero-order valence-corrected chi connectivity index (χ0v) is 12.0. The van der Waals surface area contributed by atoms with Gasteiger partial charge in [-0.1, -0.05) is 32.4 Å². The average Bonchev–Trinajstić information content (AvgIpc) is 2.47. The van der Waals surface area contributed by atoms with Crippen LogP contribution in [-0.4, -0.2) is 12.1 Å². The third-order valence-electron chi connectivity index (χ3n) is 4.15. The minimum Gasteiger partial charge on any atom is -0.459 e. The summed E-state index contributed by atoms with van der Waals surface area (Å²) in [6.45, 7) is 4.38. The zero-order valence-electron chi connectivity index (χ0n) is 12.0. The first-order chi connectivity index (χ1) is 9.20. The molecule has 0 radical (unpaired) electrons. The number of hydrogen-bond donors (Lipinski definition) is 0. The van der Waals surface area contributed by atoms with Crippen molar-refractivity contribution in [1.82, 2.24) is 0 Å². The van der Waals surface area contributed by atoms with E-state index in [9.17, 15) is 4.79 Å². The van der Waals surface area contributed by atoms with E-state index >= 15 is 0 Å². The molecule has 1 saturated carbocycles. The molecule has 104 valence electrons. The number of esters is 1. The van der Waals surface area contributed by atoms with Gasteiger partial charge < -0.3 is 4.74 Å². The largest absolute Gasteiger partial charge is 0.459 e. The number of ether oxygens (including phenoxy) is 1. The quantitative estimate of drug-likeness (QED) is 0.734. The second-order valence-corrected chi connectivity index (χ2v) is 5.60. The Morgan fingerprint density at radius 2 is 1.84 bits per heavy atom. The van der Waals surface area contributed by atoms with Gasteiger partial charge in [-0.25, -0.2) is 4.79 Å². The molecule has 19 heavy (non-hydrogen) atoms. The molecule has 2 heteroatoms. The monoisotopic (exact) mass is 260 g/mol. The van der Waals surface area contributed by atoms with Crippen LogP contribution in [0.25, 0.3) is 0 Å². The van der Waals surface area contributed by atoms with Gasteiger partial charge in [0.15, 0.2) is 0 Å². The zero-order chi connectivity index (χ0) is 13.7. The summed E-state index contributed by atoms with van der Waals surface area (Å²) in [4.78, 5) is 12.0. The van der Waals surface area contributed by atoms with E-state index in [1.54, 1.807) is 0 Å². The molecule has 1 aliphatic carbocycles. The van der Waals surface area contributed by atoms with E-state index in [-0.39, 0.29) is 12.1 Å². The predicted octanol–water partition coefficient (Wildman–Crippen LogP) is 4.69. The second kappa shape index (κ2) is 6.74. The van der Waals surface area contributed by atoms with Crippen LogP contribution in [0.2, 0.25) is 0 Å². The molecule has 1 aromatic carbocycles. The molecule has 0 bridgehead atoms. The highest BCUT2D eigenvalue weighted by molar-refractivity contribution is 5.89. The number of rotatable bonds is 4. The minimum atomic E-state index is -0.164. The van der Waals surface area contributed by atoms with Crippen molar-refractivity contribution in [2.75, 3.05) is 0 Å². The number of carbonyl (C=O) groups is 1. The van der Waals surface area contributed by atoms with Crippen molar-refractivity contribution in [2.24, 2.45) is 0 Å². The fraction of sp³-hybridized carbons (Fsp3) is 0.588. The maximum atomic E-state index is 12.0. The Morgan fingerprint density at radius 3 is 2.42 bits per heavy atom. The third kappa shape index (κ3) is 3.82. The molecular formula is C17H24O2. The van der Waals surface area contributed by atoms with Crippen LogP contribution in [0.5, 0.6) is 0 Å². The Labute approximate surface area is 116 Å². The molecule has 1 unspecified atom stereocenters. The highest BCUT2D eigenvalue weighted by Gasteiger charge is 2.18. The lowest BCUT2D eigenvalue weighted by molar-refractivity contribution is 0.0211. The summed E-state index contributed by atoms with van der Waals surface area (Å²) in [5.74, 6) is 0.381. The van der Waals surface area contributed by atoms with Gasteiger partial charge in [0.05, 0.1) is 5.56 Å². The van der Waals surface area contributed by atoms with Gasteiger partial charge in [0.1, 0.15) is 6.10 Å². The summed E-state index contributed by atoms with van der Waals surface area (Å²) >= 11 is 0. The molecule has 2 rings (SSSR count). The molecule has 1 aliphatic rings. The van der Waals surface area contributed by atoms with Gasteiger partial charge in [-0.2, -0.15) is 0 Å². The van der Waals surface area contributed by atoms with Crippen LogP contribution in [0.4, 0.5) is 0 Å². The summed E-state index contributed by atoms with van der Waals surface area (Å²) in [7, 11) is 0. The minimum absolute atomic E-state index is 0.135. The average molecular weight is 260 g/mol. The van der Waals surface area contributed by atoms with Crippen LogP contribution < -0.4 is 0 Å². The molecule has 1 fully saturated rings. The van der Waals surface area contributed by atoms with Crippen LogP contribution in [-0.2, 0) is 4.74 Å². The number of carbonyl (C=O) groups excluding carboxylic acids is 1. The SMILES string of the molecule is CCC(C)c1ccc(C(=O)OC2CCCCC2)cc1. The molecule has 0 spiro atoms. The van der Waals surface area contributed by atoms with Crippen LogP contribution in [0.1, 0.15) is 74.2 Å². The van der Waals surface area contributed by atoms with E-state index in [0.29, 0.717) is 11.5 Å². The van der Waals surface area contributed by atoms with E-state index in [1.807, 2.05) is 24.3 Å². The van der Waals surface area contributed by atoms with Gasteiger partial charge in [0.25, 0.3) is 0 Å². The molecular weight excluding hydrogens is 236 g/mol. The fourth-order valence-electron chi connectivity index (χ4n) is 2.59. The third-order valence-corrected chi connectivity index (χ3v) is 4.15. The smallest absolute Gasteiger partial charge is 0.338 e. The topological polar surface area (TPSA) is 26.3 Å². The van der Waals surface area contributed by atoms with Gasteiger partial charge in [-0.3, -0.25) is 0 Å². The van der Waals surface area contributed by atoms with Crippen molar-refractivity contribution in [3.05, 3.63) is 35.4 Å². The lowest BCUT2D eigenvalue weighted by Crippen LogP contribution is -2.20. The summed E-state index contributed by atoms with van der Waals surface area (Å²) in [6, 6.07) is 7.89. The van der Waals surface area contributed by atoms with Crippen LogP contribution in [0.15, 0.2) is 24.3 Å². The van der Waals surface area contributed by atoms with Crippen LogP contribution in [0, 0.1) is 0 Å². The highest BCUT2D eigenvalue weighted by atomic mass is 16.5. The lowest BCUT2D eigenvalue weighted by atomic mass is 9.97. The lowest BCUT2D eigenvalue weighted by Gasteiger charge is -2.21. The first-order valence-electron chi connectivity index (χ1n) is 7.51. The number of hydrogen-bond acceptors (Lipinski definition) is 2. The van der Waals surface area contributed by atoms with Crippen molar-refractivity contribution < 1.29 is 9.53 Å². The predicted molar refractivity (Wildman–Crippen MR) is 77.4 cm³/mol. The van der Waals surface area contributed by atoms with Gasteiger partial charge in [0, 0.05) is 0 Å². The van der Waals surface area contributed by atoms with Crippen molar-refractivity contribution in [2.45, 2.75) is 64.4 Å². The van der Waals surface area contributed by atoms with E-state index in [2.05, 4.69) is 13.8 Å². The van der Waals surface area contributed by atoms with E-state index in [1.165, 1.54) is 24.8 Å². The second-order valence-electron chi connectivity index (χ2n) is 5.60. The summed E-state index contributed by atoms with van der Waals surface area (Å²) in [5, 5.41) is 0. The molecule has 0 saturated heterocycles. The molecule has 0 amide bonds. The van der Waals surface area contributed by atoms with Crippen molar-refractivity contribution >= 4 is 5.97 Å². The van der Waals surface area contributed by atoms with Gasteiger partial charge >= 0.3 is 5.97 Å². The Morgan fingerprint density at radius 1 is 1.21 bits per heavy atom. The normalized spacial score (nSPS) is 18.0. The molecule has 2 nitrogen and oxygen atoms in total. The standard InChI is InChI=1S/C17H24O2/c1-3-13(2)14-9-11-15(12-10-14)17(18)19-16-7-5-4-6-8-16/h9-13,16H,3-8H2,1-2H3. The highest BCUT2D eigenvalue weighted by Crippen LogP contribution is 2.22. The summed E-state index contributed by atoms with van der Waals surface area (Å²) < 4.78 is 5.57. The summed E-state index contributed by atoms with van der Waals surface area (Å²) in [6.07, 6.45) is 6.95. The van der Waals surface area contributed by atoms with Gasteiger partial charge in [-0.15, -0.1) is 0 Å². The van der Waals surface area contributed by atoms with E-state index in [4.69, 9.17) is 4.74 Å². The Balaban J connectivity index is 1.95. The van der Waals surface area contributed by atoms with E-state index < -0.39 is 0 Å².